The highest BCUT2D eigenvalue weighted by Crippen LogP contribution is 2.07. The molecule has 2 aromatic heterocycles. The van der Waals surface area contributed by atoms with Crippen molar-refractivity contribution in [3.63, 3.8) is 0 Å². The van der Waals surface area contributed by atoms with Crippen molar-refractivity contribution in [3.05, 3.63) is 34.3 Å². The van der Waals surface area contributed by atoms with E-state index in [1.54, 1.807) is 17.5 Å². The largest absolute Gasteiger partial charge is 0.338 e. The fourth-order valence-corrected chi connectivity index (χ4v) is 1.58. The van der Waals surface area contributed by atoms with E-state index >= 15 is 0 Å². The molecule has 0 radical (unpaired) electrons. The van der Waals surface area contributed by atoms with Crippen molar-refractivity contribution < 1.29 is 0 Å². The maximum atomic E-state index is 4.03. The molecule has 0 saturated heterocycles. The molecule has 0 aliphatic rings. The highest BCUT2D eigenvalue weighted by atomic mass is 32.1. The van der Waals surface area contributed by atoms with Crippen LogP contribution in [0, 0.1) is 20.8 Å². The number of hydrogen-bond donors (Lipinski definition) is 0. The smallest absolute Gasteiger partial charge is 0.105 e. The lowest BCUT2D eigenvalue weighted by Gasteiger charge is -1.87. The molecule has 0 fully saturated rings. The number of nitrogens with zero attached hydrogens (tertiary/aromatic N) is 3. The zero-order valence-electron chi connectivity index (χ0n) is 8.98. The predicted molar refractivity (Wildman–Crippen MR) is 59.5 cm³/mol. The van der Waals surface area contributed by atoms with Gasteiger partial charge in [-0.1, -0.05) is 0 Å². The highest BCUT2D eigenvalue weighted by Gasteiger charge is 1.86. The number of hydrogen-bond acceptors (Lipinski definition) is 3. The van der Waals surface area contributed by atoms with Crippen LogP contribution in [0.4, 0.5) is 0 Å². The quantitative estimate of drug-likeness (QED) is 0.667. The molecule has 14 heavy (non-hydrogen) atoms. The van der Waals surface area contributed by atoms with Crippen LogP contribution in [0.3, 0.4) is 0 Å². The summed E-state index contributed by atoms with van der Waals surface area (Å²) < 4.78 is 1.97. The Bertz CT molecular complexity index is 356. The van der Waals surface area contributed by atoms with Crippen molar-refractivity contribution in [1.82, 2.24) is 14.5 Å². The zero-order valence-corrected chi connectivity index (χ0v) is 9.80. The first-order valence-electron chi connectivity index (χ1n) is 4.42. The van der Waals surface area contributed by atoms with Gasteiger partial charge in [0, 0.05) is 30.5 Å². The Balaban J connectivity index is 0.000000140. The number of aromatic nitrogens is 3. The average molecular weight is 209 g/mol. The van der Waals surface area contributed by atoms with Gasteiger partial charge in [0.05, 0.1) is 5.01 Å². The Labute approximate surface area is 88.5 Å². The van der Waals surface area contributed by atoms with Crippen LogP contribution in [0.25, 0.3) is 0 Å². The van der Waals surface area contributed by atoms with E-state index in [9.17, 15) is 0 Å². The van der Waals surface area contributed by atoms with Gasteiger partial charge in [-0.3, -0.25) is 0 Å². The Morgan fingerprint density at radius 1 is 1.21 bits per heavy atom. The average Bonchev–Trinajstić information content (AvgIpc) is 2.65. The van der Waals surface area contributed by atoms with Gasteiger partial charge in [0.1, 0.15) is 5.82 Å². The molecule has 3 nitrogen and oxygen atoms in total. The molecule has 0 bridgehead atoms. The lowest BCUT2D eigenvalue weighted by atomic mass is 10.6. The van der Waals surface area contributed by atoms with Gasteiger partial charge in [-0.25, -0.2) is 9.97 Å². The lowest BCUT2D eigenvalue weighted by molar-refractivity contribution is 0.858. The van der Waals surface area contributed by atoms with Crippen LogP contribution in [0.5, 0.6) is 0 Å². The molecule has 0 aliphatic carbocycles. The van der Waals surface area contributed by atoms with Gasteiger partial charge in [-0.15, -0.1) is 11.3 Å². The maximum absolute atomic E-state index is 4.03. The topological polar surface area (TPSA) is 30.7 Å². The standard InChI is InChI=1S/C5H8N2.C5H7NS/c1-5-6-3-4-7(5)2;1-4-3-6-5(2)7-4/h3-4H,1-2H3;3H,1-2H3. The van der Waals surface area contributed by atoms with Crippen molar-refractivity contribution in [2.75, 3.05) is 0 Å². The summed E-state index contributed by atoms with van der Waals surface area (Å²) in [6.07, 6.45) is 5.60. The van der Waals surface area contributed by atoms with Gasteiger partial charge >= 0.3 is 0 Å². The Hall–Kier alpha value is -1.16. The zero-order chi connectivity index (χ0) is 10.6. The number of rotatable bonds is 0. The molecule has 0 amide bonds. The monoisotopic (exact) mass is 209 g/mol. The van der Waals surface area contributed by atoms with Gasteiger partial charge < -0.3 is 4.57 Å². The summed E-state index contributed by atoms with van der Waals surface area (Å²) in [5.41, 5.74) is 0. The van der Waals surface area contributed by atoms with E-state index in [1.165, 1.54) is 4.88 Å². The minimum Gasteiger partial charge on any atom is -0.338 e. The van der Waals surface area contributed by atoms with Crippen LogP contribution >= 0.6 is 11.3 Å². The Kier molecular flexibility index (Phi) is 3.83. The van der Waals surface area contributed by atoms with Gasteiger partial charge in [0.15, 0.2) is 0 Å². The van der Waals surface area contributed by atoms with E-state index < -0.39 is 0 Å². The minimum atomic E-state index is 1.06. The molecular weight excluding hydrogens is 194 g/mol. The third-order valence-electron chi connectivity index (χ3n) is 1.80. The maximum Gasteiger partial charge on any atom is 0.105 e. The second-order valence-electron chi connectivity index (χ2n) is 3.08. The van der Waals surface area contributed by atoms with E-state index in [4.69, 9.17) is 0 Å². The van der Waals surface area contributed by atoms with E-state index in [2.05, 4.69) is 16.9 Å². The number of aryl methyl sites for hydroxylation is 4. The first-order chi connectivity index (χ1) is 6.59. The van der Waals surface area contributed by atoms with Crippen molar-refractivity contribution in [1.29, 1.82) is 0 Å². The van der Waals surface area contributed by atoms with E-state index in [1.807, 2.05) is 37.9 Å². The van der Waals surface area contributed by atoms with E-state index in [-0.39, 0.29) is 0 Å². The third-order valence-corrected chi connectivity index (χ3v) is 2.63. The summed E-state index contributed by atoms with van der Waals surface area (Å²) in [6.45, 7) is 6.04. The summed E-state index contributed by atoms with van der Waals surface area (Å²) in [5, 5.41) is 1.15. The first kappa shape index (κ1) is 10.9. The minimum absolute atomic E-state index is 1.06. The SMILES string of the molecule is Cc1cnc(C)s1.Cc1nccn1C. The summed E-state index contributed by atoms with van der Waals surface area (Å²) in [5.74, 6) is 1.06. The molecule has 0 N–H and O–H groups in total. The highest BCUT2D eigenvalue weighted by molar-refractivity contribution is 7.11. The molecule has 4 heteroatoms. The number of thiazole rings is 1. The van der Waals surface area contributed by atoms with Crippen molar-refractivity contribution in [3.8, 4) is 0 Å². The summed E-state index contributed by atoms with van der Waals surface area (Å²) in [6, 6.07) is 0. The van der Waals surface area contributed by atoms with Gasteiger partial charge in [-0.2, -0.15) is 0 Å². The second kappa shape index (κ2) is 4.91. The van der Waals surface area contributed by atoms with Crippen LogP contribution in [0.1, 0.15) is 15.7 Å². The summed E-state index contributed by atoms with van der Waals surface area (Å²) in [7, 11) is 1.97. The molecule has 0 aromatic carbocycles. The van der Waals surface area contributed by atoms with E-state index in [0.29, 0.717) is 0 Å². The second-order valence-corrected chi connectivity index (χ2v) is 4.51. The van der Waals surface area contributed by atoms with Crippen LogP contribution < -0.4 is 0 Å². The third kappa shape index (κ3) is 3.30. The summed E-state index contributed by atoms with van der Waals surface area (Å²) >= 11 is 1.73. The predicted octanol–water partition coefficient (Wildman–Crippen LogP) is 2.49. The van der Waals surface area contributed by atoms with Crippen molar-refractivity contribution >= 4 is 11.3 Å². The molecule has 0 atom stereocenters. The van der Waals surface area contributed by atoms with Crippen LogP contribution in [-0.4, -0.2) is 14.5 Å². The molecule has 0 unspecified atom stereocenters. The molecular formula is C10H15N3S. The fourth-order valence-electron chi connectivity index (χ4n) is 0.908. The normalized spacial score (nSPS) is 9.43. The Morgan fingerprint density at radius 3 is 2.07 bits per heavy atom. The molecule has 76 valence electrons. The molecule has 0 aliphatic heterocycles. The Morgan fingerprint density at radius 2 is 1.93 bits per heavy atom. The van der Waals surface area contributed by atoms with E-state index in [0.717, 1.165) is 10.8 Å². The van der Waals surface area contributed by atoms with Crippen molar-refractivity contribution in [2.45, 2.75) is 20.8 Å². The fraction of sp³-hybridized carbons (Fsp3) is 0.400. The molecule has 2 aromatic rings. The number of imidazole rings is 1. The van der Waals surface area contributed by atoms with Gasteiger partial charge in [0.2, 0.25) is 0 Å². The first-order valence-corrected chi connectivity index (χ1v) is 5.24. The van der Waals surface area contributed by atoms with Crippen LogP contribution in [0.15, 0.2) is 18.6 Å². The lowest BCUT2D eigenvalue weighted by Crippen LogP contribution is -1.86. The molecule has 0 saturated carbocycles. The van der Waals surface area contributed by atoms with Gasteiger partial charge in [0.25, 0.3) is 0 Å². The van der Waals surface area contributed by atoms with Crippen LogP contribution in [-0.2, 0) is 7.05 Å². The summed E-state index contributed by atoms with van der Waals surface area (Å²) in [4.78, 5) is 9.30. The molecule has 2 rings (SSSR count). The van der Waals surface area contributed by atoms with Crippen LogP contribution in [0.2, 0.25) is 0 Å². The van der Waals surface area contributed by atoms with Gasteiger partial charge in [-0.05, 0) is 20.8 Å². The van der Waals surface area contributed by atoms with Crippen molar-refractivity contribution in [2.24, 2.45) is 7.05 Å². The molecule has 0 spiro atoms. The molecule has 2 heterocycles.